The van der Waals surface area contributed by atoms with Crippen molar-refractivity contribution in [3.8, 4) is 0 Å². The average Bonchev–Trinajstić information content (AvgIpc) is 3.03. The minimum atomic E-state index is 0. The van der Waals surface area contributed by atoms with Gasteiger partial charge in [0.05, 0.1) is 0 Å². The van der Waals surface area contributed by atoms with Gasteiger partial charge in [-0.25, -0.2) is 12.1 Å². The molecule has 18 heavy (non-hydrogen) atoms. The third kappa shape index (κ3) is 8.26. The number of nitrogens with zero attached hydrogens (tertiary/aromatic N) is 2. The van der Waals surface area contributed by atoms with Gasteiger partial charge < -0.3 is 10.4 Å². The van der Waals surface area contributed by atoms with Crippen LogP contribution in [0.4, 0.5) is 0 Å². The number of rotatable bonds is 4. The van der Waals surface area contributed by atoms with E-state index in [1.165, 1.54) is 0 Å². The van der Waals surface area contributed by atoms with Crippen LogP contribution in [0.1, 0.15) is 0 Å². The van der Waals surface area contributed by atoms with E-state index in [2.05, 4.69) is 5.43 Å². The first-order chi connectivity index (χ1) is 8.33. The molecule has 0 aromatic heterocycles. The molecular weight excluding hydrogens is 287 g/mol. The van der Waals surface area contributed by atoms with Crippen molar-refractivity contribution in [3.05, 3.63) is 71.8 Å². The van der Waals surface area contributed by atoms with Crippen LogP contribution in [-0.4, -0.2) is 24.5 Å². The maximum atomic E-state index is 5.54. The van der Waals surface area contributed by atoms with Crippen LogP contribution < -0.4 is 0 Å². The fraction of sp³-hybridized carbons (Fsp3) is 0.214. The van der Waals surface area contributed by atoms with Crippen molar-refractivity contribution in [1.82, 2.24) is 5.01 Å². The van der Waals surface area contributed by atoms with Crippen molar-refractivity contribution in [2.75, 3.05) is 19.5 Å². The molecule has 0 amide bonds. The van der Waals surface area contributed by atoms with Gasteiger partial charge in [-0.2, -0.15) is 24.4 Å². The summed E-state index contributed by atoms with van der Waals surface area (Å²) in [5, 5.41) is 1.82. The van der Waals surface area contributed by atoms with Crippen LogP contribution in [-0.2, 0) is 17.1 Å². The minimum Gasteiger partial charge on any atom is -0.626 e. The molecule has 2 nitrogen and oxygen atoms in total. The Hall–Kier alpha value is -0.861. The molecule has 0 unspecified atom stereocenters. The van der Waals surface area contributed by atoms with E-state index in [-0.39, 0.29) is 17.1 Å². The van der Waals surface area contributed by atoms with Gasteiger partial charge in [0, 0.05) is 5.88 Å². The van der Waals surface area contributed by atoms with Crippen LogP contribution in [0.5, 0.6) is 0 Å². The topological polar surface area (TPSA) is 17.3 Å². The Balaban J connectivity index is 0.000000405. The number of hydrogen-bond acceptors (Lipinski definition) is 1. The fourth-order valence-electron chi connectivity index (χ4n) is 1.14. The monoisotopic (exact) mass is 304 g/mol. The summed E-state index contributed by atoms with van der Waals surface area (Å²) in [4.78, 5) is 0. The Morgan fingerprint density at radius 3 is 2.33 bits per heavy atom. The zero-order valence-corrected chi connectivity index (χ0v) is 12.2. The van der Waals surface area contributed by atoms with Crippen molar-refractivity contribution in [3.63, 3.8) is 0 Å². The molecular formula is C14H17ClFeN2. The minimum absolute atomic E-state index is 0. The Kier molecular flexibility index (Phi) is 10.7. The zero-order valence-electron chi connectivity index (χ0n) is 10.3. The summed E-state index contributed by atoms with van der Waals surface area (Å²) in [6.45, 7) is 0.777. The standard InChI is InChI=1S/C9H12ClN2.C5H5.Fe/c1-12(7-6-10)11-8-9-4-2-3-5-9;1-2-4-5-3-1;/h2-5,8H,6-7H2,1H3;1-5H;/q2*-1;+2. The number of hydrogen-bond donors (Lipinski definition) is 0. The third-order valence-electron chi connectivity index (χ3n) is 2.06. The SMILES string of the molecule is CN(CCCl)[N-]C=C1C=CC=C1.[Fe+2].c1cc[cH-]c1. The van der Waals surface area contributed by atoms with E-state index >= 15 is 0 Å². The van der Waals surface area contributed by atoms with Gasteiger partial charge in [0.25, 0.3) is 0 Å². The molecule has 0 N–H and O–H groups in total. The van der Waals surface area contributed by atoms with Crippen molar-refractivity contribution in [1.29, 1.82) is 0 Å². The van der Waals surface area contributed by atoms with E-state index in [4.69, 9.17) is 11.6 Å². The summed E-state index contributed by atoms with van der Waals surface area (Å²) in [6.07, 6.45) is 9.83. The molecule has 1 aromatic rings. The fourth-order valence-corrected chi connectivity index (χ4v) is 1.39. The number of halogens is 1. The van der Waals surface area contributed by atoms with Crippen molar-refractivity contribution in [2.24, 2.45) is 0 Å². The van der Waals surface area contributed by atoms with Gasteiger partial charge in [-0.15, -0.1) is 11.6 Å². The van der Waals surface area contributed by atoms with Crippen LogP contribution >= 0.6 is 11.6 Å². The molecule has 0 spiro atoms. The molecule has 0 bridgehead atoms. The van der Waals surface area contributed by atoms with Crippen LogP contribution in [0.2, 0.25) is 0 Å². The predicted octanol–water partition coefficient (Wildman–Crippen LogP) is 3.86. The molecule has 1 aliphatic carbocycles. The first-order valence-corrected chi connectivity index (χ1v) is 6.06. The van der Waals surface area contributed by atoms with Gasteiger partial charge in [-0.1, -0.05) is 24.3 Å². The van der Waals surface area contributed by atoms with Crippen LogP contribution in [0, 0.1) is 0 Å². The van der Waals surface area contributed by atoms with E-state index in [9.17, 15) is 0 Å². The summed E-state index contributed by atoms with van der Waals surface area (Å²) in [6, 6.07) is 10.0. The number of alkyl halides is 1. The normalized spacial score (nSPS) is 11.8. The second kappa shape index (κ2) is 11.2. The molecule has 1 aromatic carbocycles. The molecule has 2 rings (SSSR count). The van der Waals surface area contributed by atoms with Gasteiger partial charge in [-0.05, 0) is 19.2 Å². The quantitative estimate of drug-likeness (QED) is 0.357. The largest absolute Gasteiger partial charge is 2.00 e. The molecule has 0 heterocycles. The summed E-state index contributed by atoms with van der Waals surface area (Å²) in [5.41, 5.74) is 5.30. The molecule has 0 radical (unpaired) electrons. The summed E-state index contributed by atoms with van der Waals surface area (Å²) < 4.78 is 0. The Labute approximate surface area is 125 Å². The van der Waals surface area contributed by atoms with Gasteiger partial charge >= 0.3 is 17.1 Å². The van der Waals surface area contributed by atoms with Gasteiger partial charge in [0.15, 0.2) is 0 Å². The van der Waals surface area contributed by atoms with E-state index < -0.39 is 0 Å². The molecule has 1 aliphatic rings. The summed E-state index contributed by atoms with van der Waals surface area (Å²) in [5.74, 6) is 0.606. The van der Waals surface area contributed by atoms with Gasteiger partial charge in [-0.3, -0.25) is 0 Å². The molecule has 0 atom stereocenters. The second-order valence-electron chi connectivity index (χ2n) is 3.50. The molecule has 0 aliphatic heterocycles. The van der Waals surface area contributed by atoms with Gasteiger partial charge in [0.2, 0.25) is 0 Å². The Morgan fingerprint density at radius 2 is 1.89 bits per heavy atom. The van der Waals surface area contributed by atoms with Crippen molar-refractivity contribution >= 4 is 11.6 Å². The Morgan fingerprint density at radius 1 is 1.28 bits per heavy atom. The maximum absolute atomic E-state index is 5.54. The summed E-state index contributed by atoms with van der Waals surface area (Å²) >= 11 is 5.54. The first kappa shape index (κ1) is 17.1. The zero-order chi connectivity index (χ0) is 12.3. The molecule has 4 heteroatoms. The predicted molar refractivity (Wildman–Crippen MR) is 75.1 cm³/mol. The van der Waals surface area contributed by atoms with Crippen molar-refractivity contribution < 1.29 is 17.1 Å². The third-order valence-corrected chi connectivity index (χ3v) is 2.23. The average molecular weight is 305 g/mol. The summed E-state index contributed by atoms with van der Waals surface area (Å²) in [7, 11) is 1.90. The molecule has 0 saturated heterocycles. The molecule has 98 valence electrons. The molecule has 0 saturated carbocycles. The van der Waals surface area contributed by atoms with E-state index in [0.29, 0.717) is 5.88 Å². The van der Waals surface area contributed by atoms with Crippen LogP contribution in [0.15, 0.2) is 66.4 Å². The maximum Gasteiger partial charge on any atom is 2.00 e. The Bertz CT molecular complexity index is 338. The smallest absolute Gasteiger partial charge is 0.626 e. The van der Waals surface area contributed by atoms with Crippen LogP contribution in [0.25, 0.3) is 5.43 Å². The molecule has 0 fully saturated rings. The van der Waals surface area contributed by atoms with Gasteiger partial charge in [0.1, 0.15) is 0 Å². The number of allylic oxidation sites excluding steroid dienone is 5. The van der Waals surface area contributed by atoms with E-state index in [0.717, 1.165) is 12.1 Å². The van der Waals surface area contributed by atoms with Crippen LogP contribution in [0.3, 0.4) is 0 Å². The van der Waals surface area contributed by atoms with E-state index in [1.807, 2.05) is 72.9 Å². The second-order valence-corrected chi connectivity index (χ2v) is 3.87. The first-order valence-electron chi connectivity index (χ1n) is 5.52. The van der Waals surface area contributed by atoms with Crippen molar-refractivity contribution in [2.45, 2.75) is 0 Å². The van der Waals surface area contributed by atoms with E-state index in [1.54, 1.807) is 0 Å².